The summed E-state index contributed by atoms with van der Waals surface area (Å²) >= 11 is 17.5. The summed E-state index contributed by atoms with van der Waals surface area (Å²) in [5, 5.41) is 1.71. The molecule has 0 aliphatic carbocycles. The fourth-order valence-electron chi connectivity index (χ4n) is 3.33. The normalized spacial score (nSPS) is 13.3. The Morgan fingerprint density at radius 2 is 1.57 bits per heavy atom. The molecule has 1 N–H and O–H groups in total. The van der Waals surface area contributed by atoms with Crippen molar-refractivity contribution in [2.45, 2.75) is 44.6 Å². The van der Waals surface area contributed by atoms with E-state index in [4.69, 9.17) is 39.5 Å². The van der Waals surface area contributed by atoms with Gasteiger partial charge in [-0.3, -0.25) is 4.79 Å². The van der Waals surface area contributed by atoms with Crippen LogP contribution in [0, 0.1) is 0 Å². The van der Waals surface area contributed by atoms with Crippen molar-refractivity contribution in [3.8, 4) is 0 Å². The van der Waals surface area contributed by atoms with E-state index >= 15 is 0 Å². The van der Waals surface area contributed by atoms with Crippen molar-refractivity contribution in [1.82, 2.24) is 10.2 Å². The standard InChI is InChI=1S/C26H25Cl3F6N2O3/c1-24(2,3)40-23(39)37(4)10-9-36-22(38)16-7-5-14(11-18(16)26(33,34)35)6-8-17(25(30,31)32)15-12-19(27)21(29)20(28)13-15/h5-8,11-13,17H,9-10H2,1-4H3,(H,36,38)/b8-6+. The number of likely N-dealkylation sites (N-methyl/N-ethyl adjacent to an activating group) is 1. The first-order chi connectivity index (χ1) is 18.2. The Morgan fingerprint density at radius 1 is 1.00 bits per heavy atom. The molecule has 2 aromatic carbocycles. The van der Waals surface area contributed by atoms with Gasteiger partial charge in [-0.2, -0.15) is 26.3 Å². The summed E-state index contributed by atoms with van der Waals surface area (Å²) in [6.45, 7) is 4.73. The van der Waals surface area contributed by atoms with E-state index in [0.717, 1.165) is 35.2 Å². The van der Waals surface area contributed by atoms with Gasteiger partial charge in [-0.1, -0.05) is 53.0 Å². The number of allylic oxidation sites excluding steroid dienone is 1. The average molecular weight is 634 g/mol. The van der Waals surface area contributed by atoms with Crippen LogP contribution in [0.4, 0.5) is 31.1 Å². The molecule has 1 unspecified atom stereocenters. The summed E-state index contributed by atoms with van der Waals surface area (Å²) in [4.78, 5) is 25.7. The van der Waals surface area contributed by atoms with E-state index < -0.39 is 47.0 Å². The third-order valence-corrected chi connectivity index (χ3v) is 6.43. The molecule has 220 valence electrons. The average Bonchev–Trinajstić information content (AvgIpc) is 2.79. The van der Waals surface area contributed by atoms with E-state index in [9.17, 15) is 35.9 Å². The van der Waals surface area contributed by atoms with Gasteiger partial charge in [0.05, 0.1) is 32.1 Å². The Balaban J connectivity index is 2.28. The van der Waals surface area contributed by atoms with Gasteiger partial charge < -0.3 is 15.0 Å². The van der Waals surface area contributed by atoms with Crippen LogP contribution in [-0.4, -0.2) is 48.8 Å². The van der Waals surface area contributed by atoms with Gasteiger partial charge in [0.1, 0.15) is 5.60 Å². The number of carbonyl (C=O) groups excluding carboxylic acids is 2. The fourth-order valence-corrected chi connectivity index (χ4v) is 3.95. The van der Waals surface area contributed by atoms with Crippen LogP contribution in [0.5, 0.6) is 0 Å². The van der Waals surface area contributed by atoms with Crippen molar-refractivity contribution in [2.24, 2.45) is 0 Å². The Bertz CT molecular complexity index is 1250. The highest BCUT2D eigenvalue weighted by molar-refractivity contribution is 6.48. The molecule has 1 atom stereocenters. The maximum absolute atomic E-state index is 13.8. The van der Waals surface area contributed by atoms with Gasteiger partial charge in [-0.05, 0) is 56.2 Å². The van der Waals surface area contributed by atoms with Crippen LogP contribution in [0.15, 0.2) is 36.4 Å². The predicted molar refractivity (Wildman–Crippen MR) is 142 cm³/mol. The van der Waals surface area contributed by atoms with Crippen molar-refractivity contribution in [3.05, 3.63) is 73.7 Å². The number of hydrogen-bond acceptors (Lipinski definition) is 3. The van der Waals surface area contributed by atoms with Gasteiger partial charge in [0.15, 0.2) is 0 Å². The molecule has 2 amide bonds. The lowest BCUT2D eigenvalue weighted by Crippen LogP contribution is -2.39. The number of rotatable bonds is 7. The summed E-state index contributed by atoms with van der Waals surface area (Å²) in [6.07, 6.45) is -9.02. The number of alkyl halides is 6. The zero-order chi connectivity index (χ0) is 30.6. The van der Waals surface area contributed by atoms with Crippen LogP contribution >= 0.6 is 34.8 Å². The summed E-state index contributed by atoms with van der Waals surface area (Å²) < 4.78 is 87.9. The topological polar surface area (TPSA) is 58.6 Å². The summed E-state index contributed by atoms with van der Waals surface area (Å²) in [5.74, 6) is -3.35. The molecule has 0 aliphatic rings. The molecule has 0 aromatic heterocycles. The molecule has 0 bridgehead atoms. The molecule has 0 heterocycles. The van der Waals surface area contributed by atoms with Crippen molar-refractivity contribution in [1.29, 1.82) is 0 Å². The van der Waals surface area contributed by atoms with Crippen LogP contribution in [0.3, 0.4) is 0 Å². The lowest BCUT2D eigenvalue weighted by atomic mass is 9.96. The highest BCUT2D eigenvalue weighted by Crippen LogP contribution is 2.41. The maximum atomic E-state index is 13.8. The smallest absolute Gasteiger partial charge is 0.417 e. The molecular formula is C26H25Cl3F6N2O3. The Morgan fingerprint density at radius 3 is 2.08 bits per heavy atom. The lowest BCUT2D eigenvalue weighted by molar-refractivity contribution is -0.139. The van der Waals surface area contributed by atoms with Gasteiger partial charge in [0, 0.05) is 20.1 Å². The molecule has 2 aromatic rings. The minimum Gasteiger partial charge on any atom is -0.444 e. The predicted octanol–water partition coefficient (Wildman–Crippen LogP) is 8.62. The highest BCUT2D eigenvalue weighted by Gasteiger charge is 2.40. The largest absolute Gasteiger partial charge is 0.444 e. The number of ether oxygens (including phenoxy) is 1. The Labute approximate surface area is 242 Å². The van der Waals surface area contributed by atoms with Crippen molar-refractivity contribution < 1.29 is 40.7 Å². The number of amides is 2. The number of benzene rings is 2. The second-order valence-corrected chi connectivity index (χ2v) is 10.8. The van der Waals surface area contributed by atoms with E-state index in [-0.39, 0.29) is 39.3 Å². The Kier molecular flexibility index (Phi) is 10.8. The monoisotopic (exact) mass is 632 g/mol. The van der Waals surface area contributed by atoms with Crippen LogP contribution in [0.2, 0.25) is 15.1 Å². The number of nitrogens with zero attached hydrogens (tertiary/aromatic N) is 1. The molecule has 0 saturated carbocycles. The van der Waals surface area contributed by atoms with E-state index in [1.165, 1.54) is 7.05 Å². The van der Waals surface area contributed by atoms with Gasteiger partial charge in [0.2, 0.25) is 0 Å². The summed E-state index contributed by atoms with van der Waals surface area (Å²) in [7, 11) is 1.39. The van der Waals surface area contributed by atoms with Gasteiger partial charge >= 0.3 is 18.4 Å². The second-order valence-electron chi connectivity index (χ2n) is 9.64. The molecule has 0 radical (unpaired) electrons. The number of halogens is 9. The van der Waals surface area contributed by atoms with Crippen LogP contribution < -0.4 is 5.32 Å². The zero-order valence-corrected chi connectivity index (χ0v) is 23.9. The fraction of sp³-hybridized carbons (Fsp3) is 0.385. The molecule has 2 rings (SSSR count). The minimum atomic E-state index is -5.00. The SMILES string of the molecule is CN(CCNC(=O)c1ccc(/C=C/C(c2cc(Cl)c(Cl)c(Cl)c2)C(F)(F)F)cc1C(F)(F)F)C(=O)OC(C)(C)C. The quantitative estimate of drug-likeness (QED) is 0.245. The first-order valence-electron chi connectivity index (χ1n) is 11.5. The maximum Gasteiger partial charge on any atom is 0.417 e. The molecule has 5 nitrogen and oxygen atoms in total. The third-order valence-electron chi connectivity index (χ3n) is 5.23. The van der Waals surface area contributed by atoms with Crippen molar-refractivity contribution in [2.75, 3.05) is 20.1 Å². The van der Waals surface area contributed by atoms with Gasteiger partial charge in [-0.25, -0.2) is 4.79 Å². The van der Waals surface area contributed by atoms with Crippen molar-refractivity contribution >= 4 is 52.9 Å². The molecule has 0 aliphatic heterocycles. The van der Waals surface area contributed by atoms with Crippen molar-refractivity contribution in [3.63, 3.8) is 0 Å². The molecule has 14 heteroatoms. The molecular weight excluding hydrogens is 609 g/mol. The van der Waals surface area contributed by atoms with Gasteiger partial charge in [-0.15, -0.1) is 0 Å². The molecule has 40 heavy (non-hydrogen) atoms. The number of hydrogen-bond donors (Lipinski definition) is 1. The minimum absolute atomic E-state index is 0.0552. The summed E-state index contributed by atoms with van der Waals surface area (Å²) in [5.41, 5.74) is -3.47. The third kappa shape index (κ3) is 9.49. The Hall–Kier alpha value is -2.63. The van der Waals surface area contributed by atoms with Crippen LogP contribution in [-0.2, 0) is 10.9 Å². The number of carbonyl (C=O) groups is 2. The van der Waals surface area contributed by atoms with Crippen LogP contribution in [0.25, 0.3) is 6.08 Å². The second kappa shape index (κ2) is 12.9. The van der Waals surface area contributed by atoms with E-state index in [1.807, 2.05) is 0 Å². The first-order valence-corrected chi connectivity index (χ1v) is 12.7. The van der Waals surface area contributed by atoms with Crippen LogP contribution in [0.1, 0.15) is 53.7 Å². The lowest BCUT2D eigenvalue weighted by Gasteiger charge is -2.24. The van der Waals surface area contributed by atoms with Gasteiger partial charge in [0.25, 0.3) is 5.91 Å². The number of nitrogens with one attached hydrogen (secondary N) is 1. The summed E-state index contributed by atoms with van der Waals surface area (Å²) in [6, 6.07) is 4.42. The zero-order valence-electron chi connectivity index (χ0n) is 21.6. The van der Waals surface area contributed by atoms with E-state index in [2.05, 4.69) is 5.32 Å². The molecule has 0 saturated heterocycles. The van der Waals surface area contributed by atoms with E-state index in [0.29, 0.717) is 12.1 Å². The molecule has 0 fully saturated rings. The molecule has 0 spiro atoms. The van der Waals surface area contributed by atoms with E-state index in [1.54, 1.807) is 20.8 Å². The first kappa shape index (κ1) is 33.6. The highest BCUT2D eigenvalue weighted by atomic mass is 35.5.